The summed E-state index contributed by atoms with van der Waals surface area (Å²) < 4.78 is 0. The third-order valence-corrected chi connectivity index (χ3v) is 2.58. The number of anilines is 1. The van der Waals surface area contributed by atoms with Crippen LogP contribution in [0.4, 0.5) is 5.69 Å². The summed E-state index contributed by atoms with van der Waals surface area (Å²) in [5.41, 5.74) is 6.67. The molecule has 7 nitrogen and oxygen atoms in total. The highest BCUT2D eigenvalue weighted by molar-refractivity contribution is 5.92. The maximum Gasteiger partial charge on any atom is 0.320 e. The van der Waals surface area contributed by atoms with Gasteiger partial charge in [0, 0.05) is 12.1 Å². The zero-order valence-corrected chi connectivity index (χ0v) is 10.7. The minimum atomic E-state index is -1.07. The standard InChI is InChI=1S/C13H16N2O5/c14-10(13(19)20)7-8-1-3-9(4-2-8)15-11(16)5-6-12(17)18/h1-4,10H,5-7,14H2,(H,15,16)(H,17,18)(H,19,20)/t10-/m0/s1. The Morgan fingerprint density at radius 3 is 2.20 bits per heavy atom. The van der Waals surface area contributed by atoms with Gasteiger partial charge in [0.1, 0.15) is 6.04 Å². The van der Waals surface area contributed by atoms with Gasteiger partial charge in [0.25, 0.3) is 0 Å². The molecule has 108 valence electrons. The fourth-order valence-corrected chi connectivity index (χ4v) is 1.51. The Morgan fingerprint density at radius 1 is 1.10 bits per heavy atom. The van der Waals surface area contributed by atoms with Crippen LogP contribution in [0.25, 0.3) is 0 Å². The zero-order chi connectivity index (χ0) is 15.1. The molecule has 1 rings (SSSR count). The Balaban J connectivity index is 2.52. The van der Waals surface area contributed by atoms with Gasteiger partial charge in [-0.1, -0.05) is 12.1 Å². The minimum Gasteiger partial charge on any atom is -0.481 e. The van der Waals surface area contributed by atoms with Gasteiger partial charge in [-0.2, -0.15) is 0 Å². The second-order valence-electron chi connectivity index (χ2n) is 4.29. The molecule has 0 fully saturated rings. The van der Waals surface area contributed by atoms with E-state index in [0.29, 0.717) is 5.69 Å². The third-order valence-electron chi connectivity index (χ3n) is 2.58. The monoisotopic (exact) mass is 280 g/mol. The van der Waals surface area contributed by atoms with Crippen molar-refractivity contribution < 1.29 is 24.6 Å². The molecular formula is C13H16N2O5. The minimum absolute atomic E-state index is 0.0963. The second kappa shape index (κ2) is 7.25. The number of hydrogen-bond donors (Lipinski definition) is 4. The Morgan fingerprint density at radius 2 is 1.70 bits per heavy atom. The van der Waals surface area contributed by atoms with E-state index < -0.39 is 18.0 Å². The molecule has 0 saturated carbocycles. The lowest BCUT2D eigenvalue weighted by Gasteiger charge is -2.08. The first-order chi connectivity index (χ1) is 9.38. The molecule has 0 aliphatic carbocycles. The molecule has 1 aromatic rings. The van der Waals surface area contributed by atoms with Crippen LogP contribution in [0.15, 0.2) is 24.3 Å². The third kappa shape index (κ3) is 5.49. The highest BCUT2D eigenvalue weighted by Gasteiger charge is 2.12. The first-order valence-electron chi connectivity index (χ1n) is 5.97. The normalized spacial score (nSPS) is 11.7. The number of hydrogen-bond acceptors (Lipinski definition) is 4. The van der Waals surface area contributed by atoms with Crippen LogP contribution in [-0.2, 0) is 20.8 Å². The van der Waals surface area contributed by atoms with Crippen molar-refractivity contribution in [2.24, 2.45) is 5.73 Å². The van der Waals surface area contributed by atoms with Gasteiger partial charge in [0.05, 0.1) is 6.42 Å². The van der Waals surface area contributed by atoms with Gasteiger partial charge < -0.3 is 21.3 Å². The number of carbonyl (C=O) groups is 3. The van der Waals surface area contributed by atoms with Crippen molar-refractivity contribution in [3.8, 4) is 0 Å². The van der Waals surface area contributed by atoms with Gasteiger partial charge in [-0.3, -0.25) is 14.4 Å². The lowest BCUT2D eigenvalue weighted by Crippen LogP contribution is -2.32. The van der Waals surface area contributed by atoms with Gasteiger partial charge in [0.2, 0.25) is 5.91 Å². The van der Waals surface area contributed by atoms with E-state index in [4.69, 9.17) is 15.9 Å². The topological polar surface area (TPSA) is 130 Å². The lowest BCUT2D eigenvalue weighted by molar-refractivity contribution is -0.139. The molecule has 0 unspecified atom stereocenters. The maximum absolute atomic E-state index is 11.4. The summed E-state index contributed by atoms with van der Waals surface area (Å²) in [6, 6.07) is 5.59. The average molecular weight is 280 g/mol. The van der Waals surface area contributed by atoms with E-state index in [1.165, 1.54) is 0 Å². The summed E-state index contributed by atoms with van der Waals surface area (Å²) in [5, 5.41) is 19.7. The van der Waals surface area contributed by atoms with Gasteiger partial charge in [0.15, 0.2) is 0 Å². The summed E-state index contributed by atoms with van der Waals surface area (Å²) in [5.74, 6) is -2.49. The van der Waals surface area contributed by atoms with E-state index in [-0.39, 0.29) is 25.2 Å². The van der Waals surface area contributed by atoms with E-state index in [0.717, 1.165) is 5.56 Å². The Bertz CT molecular complexity index is 498. The molecule has 0 aliphatic heterocycles. The van der Waals surface area contributed by atoms with Gasteiger partial charge >= 0.3 is 11.9 Å². The molecule has 20 heavy (non-hydrogen) atoms. The number of carboxylic acids is 2. The number of benzene rings is 1. The summed E-state index contributed by atoms with van der Waals surface area (Å²) in [6.07, 6.45) is -0.124. The molecule has 0 spiro atoms. The summed E-state index contributed by atoms with van der Waals surface area (Å²) in [4.78, 5) is 32.3. The first kappa shape index (κ1) is 15.6. The molecule has 0 aromatic heterocycles. The van der Waals surface area contributed by atoms with Crippen molar-refractivity contribution in [3.05, 3.63) is 29.8 Å². The predicted molar refractivity (Wildman–Crippen MR) is 71.3 cm³/mol. The van der Waals surface area contributed by atoms with Crippen molar-refractivity contribution in [2.45, 2.75) is 25.3 Å². The summed E-state index contributed by atoms with van der Waals surface area (Å²) in [7, 11) is 0. The van der Waals surface area contributed by atoms with E-state index in [9.17, 15) is 14.4 Å². The number of carboxylic acid groups (broad SMARTS) is 2. The van der Waals surface area contributed by atoms with Crippen LogP contribution in [-0.4, -0.2) is 34.1 Å². The molecule has 0 radical (unpaired) electrons. The number of nitrogens with two attached hydrogens (primary N) is 1. The van der Waals surface area contributed by atoms with Crippen LogP contribution in [0.3, 0.4) is 0 Å². The van der Waals surface area contributed by atoms with Crippen molar-refractivity contribution >= 4 is 23.5 Å². The van der Waals surface area contributed by atoms with Gasteiger partial charge in [-0.05, 0) is 24.1 Å². The quantitative estimate of drug-likeness (QED) is 0.573. The van der Waals surface area contributed by atoms with Crippen molar-refractivity contribution in [3.63, 3.8) is 0 Å². The van der Waals surface area contributed by atoms with Crippen LogP contribution >= 0.6 is 0 Å². The van der Waals surface area contributed by atoms with E-state index >= 15 is 0 Å². The van der Waals surface area contributed by atoms with Crippen LogP contribution in [0, 0.1) is 0 Å². The van der Waals surface area contributed by atoms with Gasteiger partial charge in [-0.15, -0.1) is 0 Å². The second-order valence-corrected chi connectivity index (χ2v) is 4.29. The Hall–Kier alpha value is -2.41. The molecule has 0 aliphatic rings. The van der Waals surface area contributed by atoms with E-state index in [1.807, 2.05) is 0 Å². The van der Waals surface area contributed by atoms with E-state index in [2.05, 4.69) is 5.32 Å². The first-order valence-corrected chi connectivity index (χ1v) is 5.97. The molecule has 5 N–H and O–H groups in total. The highest BCUT2D eigenvalue weighted by atomic mass is 16.4. The predicted octanol–water partition coefficient (Wildman–Crippen LogP) is 0.444. The molecule has 0 heterocycles. The van der Waals surface area contributed by atoms with Crippen LogP contribution in [0.1, 0.15) is 18.4 Å². The maximum atomic E-state index is 11.4. The number of rotatable bonds is 7. The fraction of sp³-hybridized carbons (Fsp3) is 0.308. The van der Waals surface area contributed by atoms with Crippen molar-refractivity contribution in [1.29, 1.82) is 0 Å². The summed E-state index contributed by atoms with van der Waals surface area (Å²) in [6.45, 7) is 0. The number of amides is 1. The smallest absolute Gasteiger partial charge is 0.320 e. The Kier molecular flexibility index (Phi) is 5.67. The molecule has 1 aromatic carbocycles. The fourth-order valence-electron chi connectivity index (χ4n) is 1.51. The number of carbonyl (C=O) groups excluding carboxylic acids is 1. The number of nitrogens with one attached hydrogen (secondary N) is 1. The lowest BCUT2D eigenvalue weighted by atomic mass is 10.1. The zero-order valence-electron chi connectivity index (χ0n) is 10.7. The molecular weight excluding hydrogens is 264 g/mol. The molecule has 1 atom stereocenters. The number of aliphatic carboxylic acids is 2. The van der Waals surface area contributed by atoms with Crippen molar-refractivity contribution in [1.82, 2.24) is 0 Å². The summed E-state index contributed by atoms with van der Waals surface area (Å²) >= 11 is 0. The molecule has 7 heteroatoms. The molecule has 0 bridgehead atoms. The van der Waals surface area contributed by atoms with Gasteiger partial charge in [-0.25, -0.2) is 0 Å². The largest absolute Gasteiger partial charge is 0.481 e. The van der Waals surface area contributed by atoms with Crippen LogP contribution < -0.4 is 11.1 Å². The molecule has 1 amide bonds. The van der Waals surface area contributed by atoms with Crippen LogP contribution in [0.5, 0.6) is 0 Å². The van der Waals surface area contributed by atoms with E-state index in [1.54, 1.807) is 24.3 Å². The van der Waals surface area contributed by atoms with Crippen LogP contribution in [0.2, 0.25) is 0 Å². The molecule has 0 saturated heterocycles. The average Bonchev–Trinajstić information content (AvgIpc) is 2.38. The Labute approximate surface area is 115 Å². The highest BCUT2D eigenvalue weighted by Crippen LogP contribution is 2.11. The van der Waals surface area contributed by atoms with Crippen molar-refractivity contribution in [2.75, 3.05) is 5.32 Å². The SMILES string of the molecule is N[C@@H](Cc1ccc(NC(=O)CCC(=O)O)cc1)C(=O)O.